The Morgan fingerprint density at radius 2 is 1.50 bits per heavy atom. The fraction of sp³-hybridized carbons (Fsp3) is 1.00. The molecule has 0 aliphatic heterocycles. The topological polar surface area (TPSA) is 3.24 Å². The van der Waals surface area contributed by atoms with E-state index >= 15 is 0 Å². The van der Waals surface area contributed by atoms with Gasteiger partial charge in [-0.25, -0.2) is 0 Å². The first kappa shape index (κ1) is 4.58. The predicted molar refractivity (Wildman–Crippen MR) is 13.7 cm³/mol. The molecule has 0 fully saturated rings. The van der Waals surface area contributed by atoms with Crippen molar-refractivity contribution in [1.82, 2.24) is 3.64 Å². The average molecular weight is 147 g/mol. The molecule has 0 saturated carbocycles. The van der Waals surface area contributed by atoms with E-state index < -0.39 is 0 Å². The Morgan fingerprint density at radius 3 is 1.50 bits per heavy atom. The number of hydrogen-bond donors (Lipinski definition) is 0. The van der Waals surface area contributed by atoms with Crippen LogP contribution in [0.15, 0.2) is 0 Å². The normalized spacial score (nSPS) is 9.25. The van der Waals surface area contributed by atoms with Crippen molar-refractivity contribution in [3.05, 3.63) is 0 Å². The molecule has 0 aromatic carbocycles. The molecule has 1 nitrogen and oxygen atoms in total. The second kappa shape index (κ2) is 1.86. The van der Waals surface area contributed by atoms with Gasteiger partial charge in [0, 0.05) is 0 Å². The number of nitrogens with zero attached hydrogens (tertiary/aromatic N) is 1. The van der Waals surface area contributed by atoms with Crippen molar-refractivity contribution in [3.63, 3.8) is 0 Å². The van der Waals surface area contributed by atoms with Crippen molar-refractivity contribution in [2.75, 3.05) is 14.1 Å². The Morgan fingerprint density at radius 1 is 1.50 bits per heavy atom. The summed E-state index contributed by atoms with van der Waals surface area (Å²) in [5, 5.41) is 0. The van der Waals surface area contributed by atoms with Crippen molar-refractivity contribution >= 4 is 0 Å². The first-order valence-electron chi connectivity index (χ1n) is 1.04. The zero-order chi connectivity index (χ0) is 3.58. The van der Waals surface area contributed by atoms with Gasteiger partial charge in [0.2, 0.25) is 0 Å². The standard InChI is InChI=1S/C2H6N.Rh/c1-3-2;/h1-2H3;/q-1;+1. The Kier molecular flexibility index (Phi) is 2.13. The third kappa shape index (κ3) is 19.0. The Balaban J connectivity index is 2.32. The predicted octanol–water partition coefficient (Wildman–Crippen LogP) is 0.00980. The van der Waals surface area contributed by atoms with E-state index in [0.29, 0.717) is 0 Å². The third-order valence-corrected chi connectivity index (χ3v) is 0. The summed E-state index contributed by atoms with van der Waals surface area (Å²) in [4.78, 5) is 0. The van der Waals surface area contributed by atoms with Crippen molar-refractivity contribution in [2.45, 2.75) is 0 Å². The van der Waals surface area contributed by atoms with Crippen LogP contribution in [-0.2, 0) is 18.5 Å². The van der Waals surface area contributed by atoms with Gasteiger partial charge in [-0.15, -0.1) is 0 Å². The molecular weight excluding hydrogens is 141 g/mol. The summed E-state index contributed by atoms with van der Waals surface area (Å²) in [7, 11) is 3.90. The molecule has 2 heteroatoms. The van der Waals surface area contributed by atoms with Gasteiger partial charge in [0.25, 0.3) is 0 Å². The molecule has 0 N–H and O–H groups in total. The molecule has 0 amide bonds. The Hall–Kier alpha value is 0.583. The van der Waals surface area contributed by atoms with Gasteiger partial charge in [-0.05, 0) is 0 Å². The first-order chi connectivity index (χ1) is 1.73. The van der Waals surface area contributed by atoms with Crippen LogP contribution in [0.1, 0.15) is 0 Å². The SMILES string of the molecule is C[N](C)[Rh]. The number of hydrogen-bond acceptors (Lipinski definition) is 1. The maximum atomic E-state index is 2.65. The van der Waals surface area contributed by atoms with E-state index in [9.17, 15) is 0 Å². The van der Waals surface area contributed by atoms with Crippen molar-refractivity contribution in [3.8, 4) is 0 Å². The Labute approximate surface area is 36.9 Å². The molecule has 0 rings (SSSR count). The van der Waals surface area contributed by atoms with Crippen LogP contribution in [0.2, 0.25) is 0 Å². The molecular formula is C2H6NRh. The molecule has 4 heavy (non-hydrogen) atoms. The third-order valence-electron chi connectivity index (χ3n) is 0. The zero-order valence-corrected chi connectivity index (χ0v) is 4.42. The molecule has 0 aromatic heterocycles. The van der Waals surface area contributed by atoms with Crippen LogP contribution in [0.3, 0.4) is 0 Å². The molecule has 0 atom stereocenters. The van der Waals surface area contributed by atoms with Crippen LogP contribution in [0, 0.1) is 0 Å². The van der Waals surface area contributed by atoms with Crippen LogP contribution < -0.4 is 0 Å². The van der Waals surface area contributed by atoms with Crippen LogP contribution in [0.4, 0.5) is 0 Å². The first-order valence-corrected chi connectivity index (χ1v) is 1.78. The van der Waals surface area contributed by atoms with Gasteiger partial charge in [0.05, 0.1) is 0 Å². The summed E-state index contributed by atoms with van der Waals surface area (Å²) in [5.74, 6) is 0. The molecule has 0 aliphatic carbocycles. The van der Waals surface area contributed by atoms with Crippen LogP contribution in [0.25, 0.3) is 0 Å². The van der Waals surface area contributed by atoms with Gasteiger partial charge in [-0.2, -0.15) is 0 Å². The second-order valence-electron chi connectivity index (χ2n) is 0.745. The number of rotatable bonds is 0. The molecule has 0 spiro atoms. The summed E-state index contributed by atoms with van der Waals surface area (Å²) in [6, 6.07) is 0. The van der Waals surface area contributed by atoms with Gasteiger partial charge < -0.3 is 0 Å². The quantitative estimate of drug-likeness (QED) is 0.436. The minimum absolute atomic E-state index is 1.89. The van der Waals surface area contributed by atoms with Crippen LogP contribution in [-0.4, -0.2) is 17.7 Å². The van der Waals surface area contributed by atoms with Crippen molar-refractivity contribution < 1.29 is 18.5 Å². The molecule has 0 bridgehead atoms. The van der Waals surface area contributed by atoms with Gasteiger partial charge in [0.1, 0.15) is 0 Å². The van der Waals surface area contributed by atoms with E-state index in [0.717, 1.165) is 0 Å². The van der Waals surface area contributed by atoms with E-state index in [1.807, 2.05) is 17.7 Å². The monoisotopic (exact) mass is 147 g/mol. The fourth-order valence-corrected chi connectivity index (χ4v) is 0. The summed E-state index contributed by atoms with van der Waals surface area (Å²) in [6.07, 6.45) is 0. The second-order valence-corrected chi connectivity index (χ2v) is 2.21. The van der Waals surface area contributed by atoms with E-state index in [1.165, 1.54) is 0 Å². The van der Waals surface area contributed by atoms with E-state index in [4.69, 9.17) is 0 Å². The van der Waals surface area contributed by atoms with E-state index in [2.05, 4.69) is 18.5 Å². The van der Waals surface area contributed by atoms with E-state index in [1.54, 1.807) is 0 Å². The summed E-state index contributed by atoms with van der Waals surface area (Å²) >= 11 is 2.65. The fourth-order valence-electron chi connectivity index (χ4n) is 0. The molecule has 0 radical (unpaired) electrons. The minimum atomic E-state index is 1.89. The average Bonchev–Trinajstić information content (AvgIpc) is 0.811. The van der Waals surface area contributed by atoms with Gasteiger partial charge >= 0.3 is 36.3 Å². The summed E-state index contributed by atoms with van der Waals surface area (Å²) in [5.41, 5.74) is 0. The van der Waals surface area contributed by atoms with Crippen LogP contribution >= 0.6 is 0 Å². The molecule has 0 aliphatic rings. The zero-order valence-electron chi connectivity index (χ0n) is 2.78. The maximum absolute atomic E-state index is 2.65. The van der Waals surface area contributed by atoms with Crippen molar-refractivity contribution in [2.24, 2.45) is 0 Å². The molecule has 28 valence electrons. The van der Waals surface area contributed by atoms with E-state index in [-0.39, 0.29) is 0 Å². The molecule has 0 heterocycles. The molecule has 0 aromatic rings. The van der Waals surface area contributed by atoms with Crippen LogP contribution in [0.5, 0.6) is 0 Å². The van der Waals surface area contributed by atoms with Gasteiger partial charge in [-0.1, -0.05) is 0 Å². The Bertz CT molecular complexity index is 10.8. The van der Waals surface area contributed by atoms with Crippen molar-refractivity contribution in [1.29, 1.82) is 0 Å². The molecule has 0 saturated heterocycles. The summed E-state index contributed by atoms with van der Waals surface area (Å²) < 4.78 is 1.89. The van der Waals surface area contributed by atoms with Gasteiger partial charge in [-0.3, -0.25) is 0 Å². The summed E-state index contributed by atoms with van der Waals surface area (Å²) in [6.45, 7) is 0. The van der Waals surface area contributed by atoms with Gasteiger partial charge in [0.15, 0.2) is 0 Å². The molecule has 0 unspecified atom stereocenters.